The Labute approximate surface area is 212 Å². The first-order valence-corrected chi connectivity index (χ1v) is 11.6. The molecule has 1 aromatic heterocycles. The normalized spacial score (nSPS) is 18.2. The van der Waals surface area contributed by atoms with Crippen molar-refractivity contribution in [2.75, 3.05) is 13.2 Å². The molecule has 0 atom stereocenters. The molecule has 0 amide bonds. The van der Waals surface area contributed by atoms with E-state index in [1.165, 1.54) is 5.92 Å². The average molecular weight is 542 g/mol. The van der Waals surface area contributed by atoms with Crippen LogP contribution in [0.5, 0.6) is 5.75 Å². The molecule has 0 saturated carbocycles. The van der Waals surface area contributed by atoms with Crippen molar-refractivity contribution < 1.29 is 44.9 Å². The second kappa shape index (κ2) is 11.1. The number of unbranched alkanes of at least 4 members (excludes halogenated alkanes) is 1. The summed E-state index contributed by atoms with van der Waals surface area (Å²) >= 11 is 0. The number of fused-ring (bicyclic) bond motifs is 1. The van der Waals surface area contributed by atoms with Crippen LogP contribution in [0, 0.1) is 29.4 Å². The number of nitrogens with zero attached hydrogens (tertiary/aromatic N) is 2. The number of halogens is 7. The topological polar surface area (TPSA) is 53.5 Å². The fourth-order valence-corrected chi connectivity index (χ4v) is 3.82. The van der Waals surface area contributed by atoms with E-state index < -0.39 is 47.3 Å². The summed E-state index contributed by atoms with van der Waals surface area (Å²) in [6.45, 7) is 3.01. The molecule has 2 heterocycles. The Morgan fingerprint density at radius 3 is 2.34 bits per heavy atom. The van der Waals surface area contributed by atoms with Crippen LogP contribution in [0.2, 0.25) is 0 Å². The van der Waals surface area contributed by atoms with Crippen LogP contribution in [-0.2, 0) is 15.6 Å². The predicted octanol–water partition coefficient (Wildman–Crippen LogP) is 6.80. The third kappa shape index (κ3) is 6.52. The molecule has 202 valence electrons. The zero-order chi connectivity index (χ0) is 27.5. The molecular weight excluding hydrogens is 521 g/mol. The van der Waals surface area contributed by atoms with Crippen molar-refractivity contribution in [3.05, 3.63) is 65.2 Å². The van der Waals surface area contributed by atoms with Crippen LogP contribution >= 0.6 is 0 Å². The zero-order valence-corrected chi connectivity index (χ0v) is 19.9. The maximum atomic E-state index is 14.7. The van der Waals surface area contributed by atoms with Gasteiger partial charge in [-0.3, -0.25) is 0 Å². The van der Waals surface area contributed by atoms with Gasteiger partial charge >= 0.3 is 12.3 Å². The standard InChI is InChI=1S/C26H21F7N2O3/c1-2-3-4-15-13-36-23(37-14-15)17-11-34-24(35-12-17)26(32,33)38-18-5-6-19-16(9-18)10-21(27)20(22(19)28)7-8-25(29,30)31/h5-6,9-12,15,23H,2-4,13-14H2,1H3. The van der Waals surface area contributed by atoms with Crippen molar-refractivity contribution in [3.8, 4) is 17.6 Å². The second-order valence-corrected chi connectivity index (χ2v) is 8.64. The summed E-state index contributed by atoms with van der Waals surface area (Å²) in [6.07, 6.45) is -4.44. The Morgan fingerprint density at radius 2 is 1.71 bits per heavy atom. The fourth-order valence-electron chi connectivity index (χ4n) is 3.82. The maximum Gasteiger partial charge on any atom is 0.462 e. The fraction of sp³-hybridized carbons (Fsp3) is 0.385. The van der Waals surface area contributed by atoms with Gasteiger partial charge in [0.25, 0.3) is 0 Å². The lowest BCUT2D eigenvalue weighted by Crippen LogP contribution is -2.28. The molecule has 2 aromatic carbocycles. The molecule has 0 aliphatic carbocycles. The summed E-state index contributed by atoms with van der Waals surface area (Å²) in [5.41, 5.74) is -0.746. The molecule has 1 fully saturated rings. The van der Waals surface area contributed by atoms with Crippen LogP contribution in [0.25, 0.3) is 10.8 Å². The van der Waals surface area contributed by atoms with Gasteiger partial charge < -0.3 is 14.2 Å². The Hall–Kier alpha value is -3.43. The molecule has 0 radical (unpaired) electrons. The Kier molecular flexibility index (Phi) is 8.08. The van der Waals surface area contributed by atoms with Gasteiger partial charge in [0.15, 0.2) is 6.29 Å². The van der Waals surface area contributed by atoms with Gasteiger partial charge in [-0.25, -0.2) is 18.7 Å². The summed E-state index contributed by atoms with van der Waals surface area (Å²) in [4.78, 5) is 7.32. The van der Waals surface area contributed by atoms with E-state index in [4.69, 9.17) is 14.2 Å². The molecule has 0 unspecified atom stereocenters. The molecule has 1 saturated heterocycles. The number of benzene rings is 2. The summed E-state index contributed by atoms with van der Waals surface area (Å²) in [7, 11) is 0. The van der Waals surface area contributed by atoms with E-state index in [0.29, 0.717) is 24.8 Å². The van der Waals surface area contributed by atoms with Gasteiger partial charge in [-0.2, -0.15) is 22.0 Å². The molecule has 0 bridgehead atoms. The minimum atomic E-state index is -4.95. The Balaban J connectivity index is 1.48. The molecule has 0 N–H and O–H groups in total. The smallest absolute Gasteiger partial charge is 0.427 e. The first-order valence-electron chi connectivity index (χ1n) is 11.6. The van der Waals surface area contributed by atoms with Crippen LogP contribution in [0.3, 0.4) is 0 Å². The molecule has 12 heteroatoms. The van der Waals surface area contributed by atoms with Crippen molar-refractivity contribution >= 4 is 10.8 Å². The summed E-state index contributed by atoms with van der Waals surface area (Å²) in [5, 5.41) is -0.565. The number of alkyl halides is 5. The van der Waals surface area contributed by atoms with E-state index in [1.807, 2.05) is 0 Å². The van der Waals surface area contributed by atoms with Gasteiger partial charge in [0.1, 0.15) is 17.4 Å². The molecule has 4 rings (SSSR count). The quantitative estimate of drug-likeness (QED) is 0.243. The van der Waals surface area contributed by atoms with Crippen molar-refractivity contribution in [1.29, 1.82) is 0 Å². The lowest BCUT2D eigenvalue weighted by molar-refractivity contribution is -0.207. The largest absolute Gasteiger partial charge is 0.462 e. The number of hydrogen-bond acceptors (Lipinski definition) is 5. The van der Waals surface area contributed by atoms with Gasteiger partial charge in [-0.15, -0.1) is 0 Å². The molecule has 0 spiro atoms. The van der Waals surface area contributed by atoms with Gasteiger partial charge in [0.2, 0.25) is 5.82 Å². The number of aromatic nitrogens is 2. The molecule has 3 aromatic rings. The van der Waals surface area contributed by atoms with Crippen LogP contribution in [0.15, 0.2) is 36.7 Å². The maximum absolute atomic E-state index is 14.7. The molecule has 1 aliphatic heterocycles. The zero-order valence-electron chi connectivity index (χ0n) is 19.9. The van der Waals surface area contributed by atoms with Crippen molar-refractivity contribution in [3.63, 3.8) is 0 Å². The van der Waals surface area contributed by atoms with Crippen LogP contribution in [-0.4, -0.2) is 29.4 Å². The highest BCUT2D eigenvalue weighted by Gasteiger charge is 2.39. The van der Waals surface area contributed by atoms with Crippen molar-refractivity contribution in [2.24, 2.45) is 5.92 Å². The summed E-state index contributed by atoms with van der Waals surface area (Å²) < 4.78 is 111. The third-order valence-electron chi connectivity index (χ3n) is 5.71. The van der Waals surface area contributed by atoms with Gasteiger partial charge in [-0.05, 0) is 36.1 Å². The minimum Gasteiger partial charge on any atom is -0.427 e. The van der Waals surface area contributed by atoms with Gasteiger partial charge in [0, 0.05) is 35.2 Å². The monoisotopic (exact) mass is 542 g/mol. The predicted molar refractivity (Wildman–Crippen MR) is 121 cm³/mol. The minimum absolute atomic E-state index is 0.231. The van der Waals surface area contributed by atoms with E-state index >= 15 is 0 Å². The van der Waals surface area contributed by atoms with E-state index in [-0.39, 0.29) is 16.7 Å². The third-order valence-corrected chi connectivity index (χ3v) is 5.71. The summed E-state index contributed by atoms with van der Waals surface area (Å²) in [5.74, 6) is -1.75. The van der Waals surface area contributed by atoms with Gasteiger partial charge in [0.05, 0.1) is 18.8 Å². The van der Waals surface area contributed by atoms with Gasteiger partial charge in [-0.1, -0.05) is 25.7 Å². The van der Waals surface area contributed by atoms with Crippen LogP contribution in [0.1, 0.15) is 49.4 Å². The van der Waals surface area contributed by atoms with Crippen LogP contribution < -0.4 is 4.74 Å². The lowest BCUT2D eigenvalue weighted by Gasteiger charge is -2.29. The molecule has 5 nitrogen and oxygen atoms in total. The highest BCUT2D eigenvalue weighted by Crippen LogP contribution is 2.34. The summed E-state index contributed by atoms with van der Waals surface area (Å²) in [6, 6.07) is 3.49. The first kappa shape index (κ1) is 27.6. The Morgan fingerprint density at radius 1 is 1.03 bits per heavy atom. The first-order chi connectivity index (χ1) is 18.0. The van der Waals surface area contributed by atoms with Crippen molar-refractivity contribution in [1.82, 2.24) is 9.97 Å². The van der Waals surface area contributed by atoms with E-state index in [9.17, 15) is 30.7 Å². The second-order valence-electron chi connectivity index (χ2n) is 8.64. The molecule has 38 heavy (non-hydrogen) atoms. The number of ether oxygens (including phenoxy) is 3. The number of rotatable bonds is 7. The van der Waals surface area contributed by atoms with E-state index in [0.717, 1.165) is 55.8 Å². The van der Waals surface area contributed by atoms with Crippen molar-refractivity contribution in [2.45, 2.75) is 44.8 Å². The molecule has 1 aliphatic rings. The van der Waals surface area contributed by atoms with E-state index in [1.54, 1.807) is 0 Å². The Bertz CT molecular complexity index is 1340. The highest BCUT2D eigenvalue weighted by atomic mass is 19.4. The lowest BCUT2D eigenvalue weighted by atomic mass is 10.0. The highest BCUT2D eigenvalue weighted by molar-refractivity contribution is 5.86. The SMILES string of the molecule is CCCCC1COC(c2cnc(C(F)(F)Oc3ccc4c(F)c(C#CC(F)(F)F)c(F)cc4c3)nc2)OC1. The number of hydrogen-bond donors (Lipinski definition) is 0. The average Bonchev–Trinajstić information content (AvgIpc) is 2.86. The van der Waals surface area contributed by atoms with Crippen LogP contribution in [0.4, 0.5) is 30.7 Å². The van der Waals surface area contributed by atoms with E-state index in [2.05, 4.69) is 16.9 Å². The molecular formula is C26H21F7N2O3.